The van der Waals surface area contributed by atoms with E-state index in [0.29, 0.717) is 4.90 Å². The first-order valence-corrected chi connectivity index (χ1v) is 13.3. The first-order chi connectivity index (χ1) is 20.6. The predicted molar refractivity (Wildman–Crippen MR) is 150 cm³/mol. The van der Waals surface area contributed by atoms with Crippen LogP contribution in [0.4, 0.5) is 26.7 Å². The number of alkyl halides is 5. The third kappa shape index (κ3) is 6.14. The van der Waals surface area contributed by atoms with Gasteiger partial charge in [-0.2, -0.15) is 18.3 Å². The Balaban J connectivity index is 1.72. The first-order valence-electron chi connectivity index (χ1n) is 13.3. The molecule has 3 aromatic rings. The number of aryl methyl sites for hydroxylation is 1. The van der Waals surface area contributed by atoms with Crippen LogP contribution in [0, 0.1) is 12.3 Å². The minimum Gasteiger partial charge on any atom is -0.382 e. The standard InChI is InChI=1S/C24H25B4F5N8O4/c1-11-17(39-45-38-11)18(42)36-13(5-6-20(2,3)24(31,32)33)14-9-40-16(35-14)7-12(8-34-40)15(10-44-4)41-19(43)37-22(25,26)21(29,30)23(41,27)28/h7-9,13,15H,5-6,10H2,1-4H3,(H,36,42)(H,37,43). The van der Waals surface area contributed by atoms with Crippen LogP contribution in [0.3, 0.4) is 0 Å². The van der Waals surface area contributed by atoms with Crippen molar-refractivity contribution in [2.24, 2.45) is 5.41 Å². The molecule has 0 bridgehead atoms. The predicted octanol–water partition coefficient (Wildman–Crippen LogP) is 1.59. The van der Waals surface area contributed by atoms with E-state index in [9.17, 15) is 22.8 Å². The molecule has 3 aromatic heterocycles. The second kappa shape index (κ2) is 11.6. The molecule has 21 heteroatoms. The Labute approximate surface area is 259 Å². The van der Waals surface area contributed by atoms with E-state index in [1.165, 1.54) is 37.0 Å². The minimum atomic E-state index is -4.54. The summed E-state index contributed by atoms with van der Waals surface area (Å²) >= 11 is 0. The topological polar surface area (TPSA) is 140 Å². The lowest BCUT2D eigenvalue weighted by Gasteiger charge is -2.58. The molecular weight excluding hydrogens is 603 g/mol. The fourth-order valence-corrected chi connectivity index (χ4v) is 4.71. The van der Waals surface area contributed by atoms with Crippen LogP contribution in [-0.4, -0.2) is 110 Å². The SMILES string of the molecule is [B]C1([B])NC(=O)N(C(COC)c2cnn3cc(C(CCC(C)(C)C(F)(F)F)NC(=O)c4nonc4C)nc3c2)C([B])([B])C1(F)F. The van der Waals surface area contributed by atoms with E-state index >= 15 is 8.78 Å². The van der Waals surface area contributed by atoms with E-state index in [1.54, 1.807) is 5.32 Å². The highest BCUT2D eigenvalue weighted by Gasteiger charge is 2.64. The number of aromatic nitrogens is 5. The van der Waals surface area contributed by atoms with Crippen LogP contribution in [-0.2, 0) is 4.74 Å². The van der Waals surface area contributed by atoms with Gasteiger partial charge in [-0.15, -0.1) is 0 Å². The molecule has 1 saturated heterocycles. The highest BCUT2D eigenvalue weighted by molar-refractivity contribution is 6.48. The van der Waals surface area contributed by atoms with Gasteiger partial charge in [0.25, 0.3) is 11.8 Å². The number of amides is 3. The molecule has 0 aromatic carbocycles. The summed E-state index contributed by atoms with van der Waals surface area (Å²) in [6.45, 7) is 3.11. The van der Waals surface area contributed by atoms with E-state index in [1.807, 2.05) is 0 Å². The highest BCUT2D eigenvalue weighted by Crippen LogP contribution is 2.44. The van der Waals surface area contributed by atoms with Crippen molar-refractivity contribution in [2.45, 2.75) is 68.5 Å². The maximum atomic E-state index is 15.2. The fourth-order valence-electron chi connectivity index (χ4n) is 4.71. The Hall–Kier alpha value is -3.63. The average Bonchev–Trinajstić information content (AvgIpc) is 3.54. The van der Waals surface area contributed by atoms with Crippen LogP contribution < -0.4 is 10.6 Å². The number of ether oxygens (including phenoxy) is 1. The molecule has 8 radical (unpaired) electrons. The molecule has 45 heavy (non-hydrogen) atoms. The van der Waals surface area contributed by atoms with Crippen LogP contribution in [0.1, 0.15) is 66.2 Å². The molecule has 0 saturated carbocycles. The normalized spacial score (nSPS) is 19.2. The number of carbonyl (C=O) groups is 2. The van der Waals surface area contributed by atoms with Crippen molar-refractivity contribution in [1.29, 1.82) is 0 Å². The van der Waals surface area contributed by atoms with E-state index in [-0.39, 0.29) is 34.7 Å². The first kappa shape index (κ1) is 34.2. The summed E-state index contributed by atoms with van der Waals surface area (Å²) in [4.78, 5) is 30.7. The number of carbonyl (C=O) groups excluding carboxylic acids is 2. The van der Waals surface area contributed by atoms with E-state index in [0.717, 1.165) is 13.8 Å². The van der Waals surface area contributed by atoms with E-state index in [4.69, 9.17) is 36.1 Å². The summed E-state index contributed by atoms with van der Waals surface area (Å²) in [5.74, 6) is -5.03. The molecule has 1 aliphatic heterocycles. The van der Waals surface area contributed by atoms with Crippen molar-refractivity contribution in [1.82, 2.24) is 40.4 Å². The van der Waals surface area contributed by atoms with Crippen LogP contribution in [0.2, 0.25) is 0 Å². The second-order valence-electron chi connectivity index (χ2n) is 11.4. The number of fused-ring (bicyclic) bond motifs is 1. The molecule has 12 nitrogen and oxygen atoms in total. The lowest BCUT2D eigenvalue weighted by atomic mass is 9.43. The summed E-state index contributed by atoms with van der Waals surface area (Å²) in [6, 6.07) is -2.34. The molecule has 2 unspecified atom stereocenters. The number of hydrogen-bond donors (Lipinski definition) is 2. The van der Waals surface area contributed by atoms with E-state index in [2.05, 4.69) is 30.3 Å². The van der Waals surface area contributed by atoms with Crippen LogP contribution in [0.5, 0.6) is 0 Å². The summed E-state index contributed by atoms with van der Waals surface area (Å²) in [5.41, 5.74) is -1.89. The number of methoxy groups -OCH3 is 1. The van der Waals surface area contributed by atoms with Crippen molar-refractivity contribution < 1.29 is 40.9 Å². The molecule has 4 heterocycles. The summed E-state index contributed by atoms with van der Waals surface area (Å²) < 4.78 is 82.2. The smallest absolute Gasteiger partial charge is 0.382 e. The largest absolute Gasteiger partial charge is 0.393 e. The van der Waals surface area contributed by atoms with Gasteiger partial charge in [-0.3, -0.25) is 4.79 Å². The Morgan fingerprint density at radius 1 is 1.20 bits per heavy atom. The Kier molecular flexibility index (Phi) is 8.85. The van der Waals surface area contributed by atoms with Gasteiger partial charge in [0.1, 0.15) is 5.69 Å². The second-order valence-corrected chi connectivity index (χ2v) is 11.4. The molecule has 3 amide bonds. The maximum Gasteiger partial charge on any atom is 0.393 e. The van der Waals surface area contributed by atoms with Crippen molar-refractivity contribution in [3.8, 4) is 0 Å². The molecule has 0 spiro atoms. The van der Waals surface area contributed by atoms with Crippen molar-refractivity contribution in [3.05, 3.63) is 41.1 Å². The van der Waals surface area contributed by atoms with Gasteiger partial charge in [-0.25, -0.2) is 27.7 Å². The molecule has 4 rings (SSSR count). The third-order valence-corrected chi connectivity index (χ3v) is 7.69. The number of imidazole rings is 1. The number of halogens is 5. The van der Waals surface area contributed by atoms with Crippen molar-refractivity contribution in [2.75, 3.05) is 13.7 Å². The quantitative estimate of drug-likeness (QED) is 0.255. The number of nitrogens with zero attached hydrogens (tertiary/aromatic N) is 6. The molecule has 2 N–H and O–H groups in total. The van der Waals surface area contributed by atoms with Crippen LogP contribution >= 0.6 is 0 Å². The molecular formula is C24H25B4F5N8O4. The van der Waals surface area contributed by atoms with Gasteiger partial charge in [0.15, 0.2) is 11.3 Å². The zero-order valence-corrected chi connectivity index (χ0v) is 24.5. The Morgan fingerprint density at radius 2 is 1.87 bits per heavy atom. The van der Waals surface area contributed by atoms with Crippen molar-refractivity contribution in [3.63, 3.8) is 0 Å². The van der Waals surface area contributed by atoms with Gasteiger partial charge >= 0.3 is 12.2 Å². The van der Waals surface area contributed by atoms with E-state index < -0.39 is 65.2 Å². The van der Waals surface area contributed by atoms with Crippen molar-refractivity contribution >= 4 is 49.0 Å². The zero-order valence-electron chi connectivity index (χ0n) is 24.5. The molecule has 0 aliphatic carbocycles. The Bertz CT molecular complexity index is 1580. The highest BCUT2D eigenvalue weighted by atomic mass is 19.4. The zero-order chi connectivity index (χ0) is 33.8. The molecule has 1 fully saturated rings. The van der Waals surface area contributed by atoms with Gasteiger partial charge in [0.2, 0.25) is 0 Å². The number of urea groups is 1. The fraction of sp³-hybridized carbons (Fsp3) is 0.583. The number of hydrogen-bond acceptors (Lipinski definition) is 8. The average molecular weight is 628 g/mol. The monoisotopic (exact) mass is 628 g/mol. The maximum absolute atomic E-state index is 15.2. The summed E-state index contributed by atoms with van der Waals surface area (Å²) in [7, 11) is 23.6. The van der Waals surface area contributed by atoms with Crippen LogP contribution in [0.15, 0.2) is 23.1 Å². The summed E-state index contributed by atoms with van der Waals surface area (Å²) in [5, 5.41) is 9.38. The molecule has 1 aliphatic rings. The van der Waals surface area contributed by atoms with Gasteiger partial charge in [-0.05, 0) is 31.0 Å². The van der Waals surface area contributed by atoms with Gasteiger partial charge in [0.05, 0.1) is 73.6 Å². The molecule has 232 valence electrons. The summed E-state index contributed by atoms with van der Waals surface area (Å²) in [6.07, 6.45) is -2.60. The van der Waals surface area contributed by atoms with Gasteiger partial charge in [0, 0.05) is 23.3 Å². The lowest BCUT2D eigenvalue weighted by Crippen LogP contribution is -2.83. The number of rotatable bonds is 10. The van der Waals surface area contributed by atoms with Gasteiger partial charge in [-0.1, -0.05) is 19.0 Å². The third-order valence-electron chi connectivity index (χ3n) is 7.69. The van der Waals surface area contributed by atoms with Gasteiger partial charge < -0.3 is 20.3 Å². The Morgan fingerprint density at radius 3 is 2.44 bits per heavy atom. The van der Waals surface area contributed by atoms with Crippen LogP contribution in [0.25, 0.3) is 5.65 Å². The lowest BCUT2D eigenvalue weighted by molar-refractivity contribution is -0.214. The number of nitrogens with one attached hydrogen (secondary N) is 2. The molecule has 2 atom stereocenters. The minimum absolute atomic E-state index is 0.0630.